The van der Waals surface area contributed by atoms with Gasteiger partial charge in [-0.25, -0.2) is 4.79 Å². The summed E-state index contributed by atoms with van der Waals surface area (Å²) in [6.45, 7) is 2.11. The van der Waals surface area contributed by atoms with Gasteiger partial charge in [-0.1, -0.05) is 13.3 Å². The SMILES string of the molecule is CCC12CCCCC1(C(=O)OC1CC1)O2. The Morgan fingerprint density at radius 3 is 2.80 bits per heavy atom. The fraction of sp³-hybridized carbons (Fsp3) is 0.917. The Hall–Kier alpha value is -0.570. The molecule has 1 saturated heterocycles. The molecule has 1 aliphatic heterocycles. The molecule has 0 amide bonds. The van der Waals surface area contributed by atoms with Crippen molar-refractivity contribution in [1.29, 1.82) is 0 Å². The molecular weight excluding hydrogens is 192 g/mol. The zero-order chi connectivity index (χ0) is 10.5. The lowest BCUT2D eigenvalue weighted by Crippen LogP contribution is -2.38. The molecule has 2 unspecified atom stereocenters. The minimum absolute atomic E-state index is 0.0773. The first-order valence-electron chi connectivity index (χ1n) is 6.14. The number of carbonyl (C=O) groups is 1. The predicted octanol–water partition coefficient (Wildman–Crippen LogP) is 2.18. The molecule has 0 aromatic heterocycles. The van der Waals surface area contributed by atoms with Crippen LogP contribution >= 0.6 is 0 Å². The van der Waals surface area contributed by atoms with Crippen LogP contribution in [-0.2, 0) is 14.3 Å². The summed E-state index contributed by atoms with van der Waals surface area (Å²) in [6, 6.07) is 0. The molecule has 84 valence electrons. The molecule has 0 aromatic carbocycles. The normalized spacial score (nSPS) is 43.3. The second-order valence-corrected chi connectivity index (χ2v) is 5.09. The van der Waals surface area contributed by atoms with Crippen molar-refractivity contribution in [2.75, 3.05) is 0 Å². The first kappa shape index (κ1) is 9.64. The fourth-order valence-corrected chi connectivity index (χ4v) is 2.92. The lowest BCUT2D eigenvalue weighted by Gasteiger charge is -2.22. The van der Waals surface area contributed by atoms with Crippen LogP contribution in [0.5, 0.6) is 0 Å². The molecule has 15 heavy (non-hydrogen) atoms. The number of epoxide rings is 1. The minimum atomic E-state index is -0.539. The van der Waals surface area contributed by atoms with Crippen molar-refractivity contribution in [3.05, 3.63) is 0 Å². The van der Waals surface area contributed by atoms with E-state index >= 15 is 0 Å². The van der Waals surface area contributed by atoms with Crippen LogP contribution in [0.2, 0.25) is 0 Å². The van der Waals surface area contributed by atoms with Crippen molar-refractivity contribution in [2.45, 2.75) is 69.2 Å². The molecule has 2 saturated carbocycles. The molecule has 1 heterocycles. The van der Waals surface area contributed by atoms with Crippen molar-refractivity contribution in [1.82, 2.24) is 0 Å². The van der Waals surface area contributed by atoms with Crippen LogP contribution in [0.15, 0.2) is 0 Å². The summed E-state index contributed by atoms with van der Waals surface area (Å²) in [5.74, 6) is -0.0773. The number of hydrogen-bond donors (Lipinski definition) is 0. The molecular formula is C12H18O3. The van der Waals surface area contributed by atoms with Crippen molar-refractivity contribution in [2.24, 2.45) is 0 Å². The highest BCUT2D eigenvalue weighted by Gasteiger charge is 2.75. The molecule has 2 atom stereocenters. The standard InChI is InChI=1S/C12H18O3/c1-2-11-7-3-4-8-12(11,15-11)10(13)14-9-5-6-9/h9H,2-8H2,1H3. The molecule has 0 radical (unpaired) electrons. The monoisotopic (exact) mass is 210 g/mol. The average Bonchev–Trinajstić information content (AvgIpc) is 3.11. The van der Waals surface area contributed by atoms with Gasteiger partial charge in [0, 0.05) is 0 Å². The first-order chi connectivity index (χ1) is 7.22. The molecule has 3 heteroatoms. The van der Waals surface area contributed by atoms with Crippen LogP contribution in [0.4, 0.5) is 0 Å². The van der Waals surface area contributed by atoms with Crippen molar-refractivity contribution in [3.63, 3.8) is 0 Å². The summed E-state index contributed by atoms with van der Waals surface area (Å²) in [6.07, 6.45) is 7.41. The molecule has 0 bridgehead atoms. The van der Waals surface area contributed by atoms with E-state index in [1.165, 1.54) is 6.42 Å². The van der Waals surface area contributed by atoms with Crippen LogP contribution in [0, 0.1) is 0 Å². The third-order valence-electron chi connectivity index (χ3n) is 4.12. The second kappa shape index (κ2) is 2.97. The van der Waals surface area contributed by atoms with E-state index in [9.17, 15) is 4.79 Å². The fourth-order valence-electron chi connectivity index (χ4n) is 2.92. The summed E-state index contributed by atoms with van der Waals surface area (Å²) in [7, 11) is 0. The third kappa shape index (κ3) is 1.25. The smallest absolute Gasteiger partial charge is 0.341 e. The maximum absolute atomic E-state index is 12.0. The molecule has 3 nitrogen and oxygen atoms in total. The second-order valence-electron chi connectivity index (χ2n) is 5.09. The number of carbonyl (C=O) groups excluding carboxylic acids is 1. The molecule has 2 aliphatic carbocycles. The maximum atomic E-state index is 12.0. The summed E-state index contributed by atoms with van der Waals surface area (Å²) in [5, 5.41) is 0. The number of fused-ring (bicyclic) bond motifs is 1. The summed E-state index contributed by atoms with van der Waals surface area (Å²) < 4.78 is 11.2. The Bertz CT molecular complexity index is 297. The summed E-state index contributed by atoms with van der Waals surface area (Å²) in [5.41, 5.74) is -0.695. The van der Waals surface area contributed by atoms with E-state index in [-0.39, 0.29) is 17.7 Å². The van der Waals surface area contributed by atoms with E-state index < -0.39 is 5.60 Å². The zero-order valence-electron chi connectivity index (χ0n) is 9.25. The largest absolute Gasteiger partial charge is 0.460 e. The van der Waals surface area contributed by atoms with Gasteiger partial charge in [-0.3, -0.25) is 0 Å². The summed E-state index contributed by atoms with van der Waals surface area (Å²) >= 11 is 0. The van der Waals surface area contributed by atoms with E-state index in [0.29, 0.717) is 0 Å². The molecule has 3 fully saturated rings. The van der Waals surface area contributed by atoms with E-state index in [4.69, 9.17) is 9.47 Å². The van der Waals surface area contributed by atoms with Crippen LogP contribution in [-0.4, -0.2) is 23.3 Å². The Morgan fingerprint density at radius 1 is 1.40 bits per heavy atom. The number of rotatable bonds is 3. The lowest BCUT2D eigenvalue weighted by atomic mass is 9.78. The van der Waals surface area contributed by atoms with E-state index in [0.717, 1.165) is 38.5 Å². The van der Waals surface area contributed by atoms with Crippen molar-refractivity contribution >= 4 is 5.97 Å². The average molecular weight is 210 g/mol. The molecule has 0 spiro atoms. The highest BCUT2D eigenvalue weighted by Crippen LogP contribution is 2.60. The van der Waals surface area contributed by atoms with Gasteiger partial charge in [0.15, 0.2) is 5.60 Å². The van der Waals surface area contributed by atoms with Crippen LogP contribution in [0.25, 0.3) is 0 Å². The third-order valence-corrected chi connectivity index (χ3v) is 4.12. The topological polar surface area (TPSA) is 38.8 Å². The maximum Gasteiger partial charge on any atom is 0.341 e. The predicted molar refractivity (Wildman–Crippen MR) is 54.4 cm³/mol. The summed E-state index contributed by atoms with van der Waals surface area (Å²) in [4.78, 5) is 12.0. The highest BCUT2D eigenvalue weighted by atomic mass is 16.7. The van der Waals surface area contributed by atoms with Gasteiger partial charge in [0.25, 0.3) is 0 Å². The van der Waals surface area contributed by atoms with Crippen LogP contribution in [0.1, 0.15) is 51.9 Å². The zero-order valence-corrected chi connectivity index (χ0v) is 9.25. The van der Waals surface area contributed by atoms with Crippen LogP contribution in [0.3, 0.4) is 0 Å². The quantitative estimate of drug-likeness (QED) is 0.529. The molecule has 3 aliphatic rings. The van der Waals surface area contributed by atoms with E-state index in [2.05, 4.69) is 6.92 Å². The van der Waals surface area contributed by atoms with Gasteiger partial charge in [0.05, 0.1) is 0 Å². The van der Waals surface area contributed by atoms with Gasteiger partial charge in [0.1, 0.15) is 11.7 Å². The van der Waals surface area contributed by atoms with Gasteiger partial charge in [-0.05, 0) is 38.5 Å². The van der Waals surface area contributed by atoms with Gasteiger partial charge in [-0.2, -0.15) is 0 Å². The number of hydrogen-bond acceptors (Lipinski definition) is 3. The van der Waals surface area contributed by atoms with Crippen molar-refractivity contribution in [3.8, 4) is 0 Å². The number of ether oxygens (including phenoxy) is 2. The van der Waals surface area contributed by atoms with E-state index in [1.807, 2.05) is 0 Å². The Kier molecular flexibility index (Phi) is 1.91. The Balaban J connectivity index is 1.75. The van der Waals surface area contributed by atoms with Crippen molar-refractivity contribution < 1.29 is 14.3 Å². The lowest BCUT2D eigenvalue weighted by molar-refractivity contribution is -0.152. The van der Waals surface area contributed by atoms with Crippen LogP contribution < -0.4 is 0 Å². The Morgan fingerprint density at radius 2 is 2.13 bits per heavy atom. The van der Waals surface area contributed by atoms with Gasteiger partial charge in [0.2, 0.25) is 0 Å². The Labute approximate surface area is 90.1 Å². The van der Waals surface area contributed by atoms with E-state index in [1.54, 1.807) is 0 Å². The van der Waals surface area contributed by atoms with Gasteiger partial charge >= 0.3 is 5.97 Å². The number of esters is 1. The highest BCUT2D eigenvalue weighted by molar-refractivity contribution is 5.85. The van der Waals surface area contributed by atoms with Gasteiger partial charge in [-0.15, -0.1) is 0 Å². The molecule has 3 rings (SSSR count). The molecule has 0 aromatic rings. The first-order valence-corrected chi connectivity index (χ1v) is 6.14. The minimum Gasteiger partial charge on any atom is -0.460 e. The van der Waals surface area contributed by atoms with Gasteiger partial charge < -0.3 is 9.47 Å². The molecule has 0 N–H and O–H groups in total.